The summed E-state index contributed by atoms with van der Waals surface area (Å²) in [6, 6.07) is 13.9. The van der Waals surface area contributed by atoms with Gasteiger partial charge in [0.2, 0.25) is 0 Å². The highest BCUT2D eigenvalue weighted by Crippen LogP contribution is 2.29. The van der Waals surface area contributed by atoms with Crippen LogP contribution in [-0.4, -0.2) is 42.0 Å². The summed E-state index contributed by atoms with van der Waals surface area (Å²) in [7, 11) is 0. The van der Waals surface area contributed by atoms with Gasteiger partial charge in [0.05, 0.1) is 5.56 Å². The monoisotopic (exact) mass is 349 g/mol. The number of halogens is 1. The van der Waals surface area contributed by atoms with Gasteiger partial charge < -0.3 is 10.2 Å². The molecule has 2 aromatic rings. The molecule has 23 heavy (non-hydrogen) atoms. The second kappa shape index (κ2) is 8.34. The van der Waals surface area contributed by atoms with Crippen LogP contribution in [0.2, 0.25) is 0 Å². The summed E-state index contributed by atoms with van der Waals surface area (Å²) in [6.45, 7) is 5.16. The third-order valence-electron chi connectivity index (χ3n) is 3.59. The summed E-state index contributed by atoms with van der Waals surface area (Å²) < 4.78 is 0. The lowest BCUT2D eigenvalue weighted by Gasteiger charge is -2.28. The van der Waals surface area contributed by atoms with E-state index in [2.05, 4.69) is 10.3 Å². The van der Waals surface area contributed by atoms with E-state index in [1.165, 1.54) is 0 Å². The predicted molar refractivity (Wildman–Crippen MR) is 95.6 cm³/mol. The summed E-state index contributed by atoms with van der Waals surface area (Å²) in [4.78, 5) is 20.3. The summed E-state index contributed by atoms with van der Waals surface area (Å²) in [6.07, 6.45) is 0. The predicted octanol–water partition coefficient (Wildman–Crippen LogP) is 3.01. The number of hydrogen-bond donors (Lipinski definition) is 1. The Morgan fingerprint density at radius 3 is 2.52 bits per heavy atom. The second-order valence-corrected chi connectivity index (χ2v) is 6.32. The standard InChI is InChI=1S/C17H19N3OS.ClH/c1-13-7-8-15(17(21)20-11-9-18-10-12-20)16(19-13)22-14-5-3-2-4-6-14;/h2-8,18H,9-12H2,1H3;1H. The first-order valence-electron chi connectivity index (χ1n) is 7.44. The van der Waals surface area contributed by atoms with Gasteiger partial charge in [0.25, 0.3) is 5.91 Å². The zero-order chi connectivity index (χ0) is 15.4. The molecule has 6 heteroatoms. The number of carbonyl (C=O) groups is 1. The van der Waals surface area contributed by atoms with Crippen molar-refractivity contribution >= 4 is 30.1 Å². The lowest BCUT2D eigenvalue weighted by molar-refractivity contribution is 0.0731. The van der Waals surface area contributed by atoms with E-state index in [0.717, 1.165) is 41.8 Å². The molecule has 1 N–H and O–H groups in total. The molecule has 1 aromatic carbocycles. The van der Waals surface area contributed by atoms with Crippen LogP contribution in [0.1, 0.15) is 16.1 Å². The van der Waals surface area contributed by atoms with Crippen LogP contribution in [0.4, 0.5) is 0 Å². The molecule has 0 spiro atoms. The first-order valence-corrected chi connectivity index (χ1v) is 8.26. The molecule has 1 saturated heterocycles. The molecule has 2 heterocycles. The number of nitrogens with one attached hydrogen (secondary N) is 1. The average molecular weight is 350 g/mol. The fourth-order valence-electron chi connectivity index (χ4n) is 2.41. The Bertz CT molecular complexity index is 660. The first kappa shape index (κ1) is 17.8. The van der Waals surface area contributed by atoms with Crippen molar-refractivity contribution in [1.29, 1.82) is 0 Å². The van der Waals surface area contributed by atoms with Crippen molar-refractivity contribution in [2.75, 3.05) is 26.2 Å². The minimum atomic E-state index is 0. The number of nitrogens with zero attached hydrogens (tertiary/aromatic N) is 2. The smallest absolute Gasteiger partial charge is 0.256 e. The molecular weight excluding hydrogens is 330 g/mol. The van der Waals surface area contributed by atoms with Gasteiger partial charge >= 0.3 is 0 Å². The van der Waals surface area contributed by atoms with Crippen LogP contribution in [0, 0.1) is 6.92 Å². The van der Waals surface area contributed by atoms with Crippen LogP contribution >= 0.6 is 24.2 Å². The normalized spacial score (nSPS) is 14.2. The second-order valence-electron chi connectivity index (χ2n) is 5.26. The fourth-order valence-corrected chi connectivity index (χ4v) is 3.38. The van der Waals surface area contributed by atoms with Crippen LogP contribution in [0.25, 0.3) is 0 Å². The van der Waals surface area contributed by atoms with E-state index in [9.17, 15) is 4.79 Å². The van der Waals surface area contributed by atoms with E-state index in [1.54, 1.807) is 11.8 Å². The summed E-state index contributed by atoms with van der Waals surface area (Å²) in [5.41, 5.74) is 1.62. The van der Waals surface area contributed by atoms with Crippen molar-refractivity contribution in [3.05, 3.63) is 53.7 Å². The average Bonchev–Trinajstić information content (AvgIpc) is 2.56. The largest absolute Gasteiger partial charge is 0.336 e. The number of aromatic nitrogens is 1. The molecule has 1 amide bonds. The number of aryl methyl sites for hydroxylation is 1. The Balaban J connectivity index is 0.00000192. The number of pyridine rings is 1. The van der Waals surface area contributed by atoms with Gasteiger partial charge in [0, 0.05) is 36.8 Å². The quantitative estimate of drug-likeness (QED) is 0.925. The lowest BCUT2D eigenvalue weighted by atomic mass is 10.2. The Hall–Kier alpha value is -1.56. The Morgan fingerprint density at radius 1 is 1.13 bits per heavy atom. The van der Waals surface area contributed by atoms with Crippen molar-refractivity contribution in [1.82, 2.24) is 15.2 Å². The number of carbonyl (C=O) groups excluding carboxylic acids is 1. The van der Waals surface area contributed by atoms with E-state index in [-0.39, 0.29) is 18.3 Å². The molecule has 1 aliphatic rings. The summed E-state index contributed by atoms with van der Waals surface area (Å²) >= 11 is 1.55. The molecule has 0 saturated carbocycles. The molecule has 122 valence electrons. The van der Waals surface area contributed by atoms with Crippen LogP contribution in [0.3, 0.4) is 0 Å². The van der Waals surface area contributed by atoms with Crippen molar-refractivity contribution in [3.8, 4) is 0 Å². The van der Waals surface area contributed by atoms with Gasteiger partial charge in [0.1, 0.15) is 5.03 Å². The van der Waals surface area contributed by atoms with Gasteiger partial charge in [-0.2, -0.15) is 0 Å². The van der Waals surface area contributed by atoms with Crippen molar-refractivity contribution < 1.29 is 4.79 Å². The first-order chi connectivity index (χ1) is 10.7. The van der Waals surface area contributed by atoms with Gasteiger partial charge in [-0.05, 0) is 31.2 Å². The zero-order valence-corrected chi connectivity index (χ0v) is 14.6. The zero-order valence-electron chi connectivity index (χ0n) is 13.0. The molecule has 0 unspecified atom stereocenters. The van der Waals surface area contributed by atoms with E-state index in [0.29, 0.717) is 5.56 Å². The minimum Gasteiger partial charge on any atom is -0.336 e. The van der Waals surface area contributed by atoms with E-state index in [4.69, 9.17) is 0 Å². The van der Waals surface area contributed by atoms with E-state index < -0.39 is 0 Å². The Kier molecular flexibility index (Phi) is 6.45. The Morgan fingerprint density at radius 2 is 1.83 bits per heavy atom. The number of piperazine rings is 1. The highest BCUT2D eigenvalue weighted by molar-refractivity contribution is 7.99. The molecule has 1 fully saturated rings. The molecule has 0 atom stereocenters. The maximum absolute atomic E-state index is 12.8. The topological polar surface area (TPSA) is 45.2 Å². The molecule has 4 nitrogen and oxygen atoms in total. The molecule has 3 rings (SSSR count). The Labute approximate surface area is 147 Å². The highest BCUT2D eigenvalue weighted by atomic mass is 35.5. The van der Waals surface area contributed by atoms with Gasteiger partial charge in [-0.3, -0.25) is 4.79 Å². The van der Waals surface area contributed by atoms with Crippen molar-refractivity contribution in [2.24, 2.45) is 0 Å². The van der Waals surface area contributed by atoms with Crippen molar-refractivity contribution in [3.63, 3.8) is 0 Å². The molecule has 0 bridgehead atoms. The van der Waals surface area contributed by atoms with Gasteiger partial charge in [0.15, 0.2) is 0 Å². The van der Waals surface area contributed by atoms with Crippen LogP contribution in [0.15, 0.2) is 52.4 Å². The molecule has 0 radical (unpaired) electrons. The van der Waals surface area contributed by atoms with E-state index in [1.807, 2.05) is 54.3 Å². The summed E-state index contributed by atoms with van der Waals surface area (Å²) in [5.74, 6) is 0.0763. The molecular formula is C17H20ClN3OS. The number of rotatable bonds is 3. The van der Waals surface area contributed by atoms with E-state index >= 15 is 0 Å². The van der Waals surface area contributed by atoms with Gasteiger partial charge in [-0.25, -0.2) is 4.98 Å². The third kappa shape index (κ3) is 4.47. The minimum absolute atomic E-state index is 0. The van der Waals surface area contributed by atoms with Gasteiger partial charge in [-0.1, -0.05) is 30.0 Å². The molecule has 0 aliphatic carbocycles. The van der Waals surface area contributed by atoms with Crippen molar-refractivity contribution in [2.45, 2.75) is 16.8 Å². The number of amides is 1. The third-order valence-corrected chi connectivity index (χ3v) is 4.60. The van der Waals surface area contributed by atoms with Crippen LogP contribution in [0.5, 0.6) is 0 Å². The SMILES string of the molecule is Cc1ccc(C(=O)N2CCNCC2)c(Sc2ccccc2)n1.Cl. The summed E-state index contributed by atoms with van der Waals surface area (Å²) in [5, 5.41) is 4.06. The lowest BCUT2D eigenvalue weighted by Crippen LogP contribution is -2.46. The fraction of sp³-hybridized carbons (Fsp3) is 0.294. The van der Waals surface area contributed by atoms with Crippen LogP contribution < -0.4 is 5.32 Å². The number of benzene rings is 1. The van der Waals surface area contributed by atoms with Crippen LogP contribution in [-0.2, 0) is 0 Å². The molecule has 1 aliphatic heterocycles. The highest BCUT2D eigenvalue weighted by Gasteiger charge is 2.21. The van der Waals surface area contributed by atoms with Gasteiger partial charge in [-0.15, -0.1) is 12.4 Å². The maximum atomic E-state index is 12.8. The molecule has 1 aromatic heterocycles. The number of hydrogen-bond acceptors (Lipinski definition) is 4. The maximum Gasteiger partial charge on any atom is 0.256 e.